The number of nitrogens with one attached hydrogen (secondary N) is 1. The van der Waals surface area contributed by atoms with Crippen LogP contribution in [0, 0.1) is 5.41 Å². The lowest BCUT2D eigenvalue weighted by Gasteiger charge is -2.36. The topological polar surface area (TPSA) is 58.6 Å². The van der Waals surface area contributed by atoms with Gasteiger partial charge in [0.2, 0.25) is 0 Å². The number of hydrogen-bond acceptors (Lipinski definition) is 4. The lowest BCUT2D eigenvalue weighted by atomic mass is 9.74. The molecule has 1 fully saturated rings. The molecule has 0 atom stereocenters. The van der Waals surface area contributed by atoms with Crippen molar-refractivity contribution in [3.05, 3.63) is 29.8 Å². The summed E-state index contributed by atoms with van der Waals surface area (Å²) in [6.07, 6.45) is 5.66. The summed E-state index contributed by atoms with van der Waals surface area (Å²) in [6.45, 7) is 0.887. The Labute approximate surface area is 120 Å². The van der Waals surface area contributed by atoms with E-state index in [2.05, 4.69) is 5.32 Å². The van der Waals surface area contributed by atoms with E-state index in [-0.39, 0.29) is 18.0 Å². The summed E-state index contributed by atoms with van der Waals surface area (Å²) in [4.78, 5) is 11.7. The van der Waals surface area contributed by atoms with Crippen molar-refractivity contribution in [2.45, 2.75) is 32.1 Å². The molecule has 0 aromatic heterocycles. The molecule has 4 heteroatoms. The second-order valence-electron chi connectivity index (χ2n) is 5.61. The predicted molar refractivity (Wildman–Crippen MR) is 78.9 cm³/mol. The van der Waals surface area contributed by atoms with Crippen molar-refractivity contribution in [1.82, 2.24) is 0 Å². The molecule has 0 unspecified atom stereocenters. The van der Waals surface area contributed by atoms with E-state index in [1.54, 1.807) is 6.07 Å². The SMILES string of the molecule is COC(=O)c1ccccc1NCC1(CO)CCCCC1. The third-order valence-electron chi connectivity index (χ3n) is 4.24. The fourth-order valence-corrected chi connectivity index (χ4v) is 2.90. The van der Waals surface area contributed by atoms with Gasteiger partial charge in [-0.15, -0.1) is 0 Å². The highest BCUT2D eigenvalue weighted by Gasteiger charge is 2.31. The minimum atomic E-state index is -0.338. The quantitative estimate of drug-likeness (QED) is 0.813. The molecule has 0 amide bonds. The van der Waals surface area contributed by atoms with Gasteiger partial charge in [0.05, 0.1) is 19.3 Å². The zero-order valence-corrected chi connectivity index (χ0v) is 12.0. The number of para-hydroxylation sites is 1. The summed E-state index contributed by atoms with van der Waals surface area (Å²) >= 11 is 0. The number of hydrogen-bond donors (Lipinski definition) is 2. The number of aliphatic hydroxyl groups excluding tert-OH is 1. The van der Waals surface area contributed by atoms with Crippen molar-refractivity contribution in [2.24, 2.45) is 5.41 Å². The number of methoxy groups -OCH3 is 1. The van der Waals surface area contributed by atoms with E-state index in [1.807, 2.05) is 18.2 Å². The first-order valence-electron chi connectivity index (χ1n) is 7.23. The molecule has 0 bridgehead atoms. The average Bonchev–Trinajstić information content (AvgIpc) is 2.53. The molecule has 0 saturated heterocycles. The largest absolute Gasteiger partial charge is 0.465 e. The maximum atomic E-state index is 11.7. The van der Waals surface area contributed by atoms with Crippen molar-refractivity contribution in [3.63, 3.8) is 0 Å². The van der Waals surface area contributed by atoms with Gasteiger partial charge >= 0.3 is 5.97 Å². The monoisotopic (exact) mass is 277 g/mol. The van der Waals surface area contributed by atoms with Crippen LogP contribution in [0.4, 0.5) is 5.69 Å². The minimum Gasteiger partial charge on any atom is -0.465 e. The molecular formula is C16H23NO3. The second-order valence-corrected chi connectivity index (χ2v) is 5.61. The Morgan fingerprint density at radius 3 is 2.65 bits per heavy atom. The molecule has 4 nitrogen and oxygen atoms in total. The Hall–Kier alpha value is -1.55. The van der Waals surface area contributed by atoms with E-state index >= 15 is 0 Å². The summed E-state index contributed by atoms with van der Waals surface area (Å²) < 4.78 is 4.79. The van der Waals surface area contributed by atoms with Crippen molar-refractivity contribution in [2.75, 3.05) is 25.6 Å². The van der Waals surface area contributed by atoms with E-state index in [4.69, 9.17) is 4.74 Å². The molecule has 1 aromatic carbocycles. The molecule has 110 valence electrons. The van der Waals surface area contributed by atoms with Gasteiger partial charge in [-0.25, -0.2) is 4.79 Å². The normalized spacial score (nSPS) is 17.5. The first kappa shape index (κ1) is 14.9. The summed E-state index contributed by atoms with van der Waals surface area (Å²) in [6, 6.07) is 7.34. The molecule has 0 aliphatic heterocycles. The van der Waals surface area contributed by atoms with Gasteiger partial charge in [0.1, 0.15) is 0 Å². The third-order valence-corrected chi connectivity index (χ3v) is 4.24. The molecule has 1 aliphatic carbocycles. The summed E-state index contributed by atoms with van der Waals surface area (Å²) in [5.41, 5.74) is 1.26. The van der Waals surface area contributed by atoms with E-state index in [0.29, 0.717) is 12.1 Å². The number of benzene rings is 1. The smallest absolute Gasteiger partial charge is 0.339 e. The summed E-state index contributed by atoms with van der Waals surface area (Å²) in [7, 11) is 1.38. The van der Waals surface area contributed by atoms with Crippen molar-refractivity contribution < 1.29 is 14.6 Å². The molecule has 2 rings (SSSR count). The molecule has 1 aromatic rings. The highest BCUT2D eigenvalue weighted by atomic mass is 16.5. The second kappa shape index (κ2) is 6.75. The standard InChI is InChI=1S/C16H23NO3/c1-20-15(19)13-7-3-4-8-14(13)17-11-16(12-18)9-5-2-6-10-16/h3-4,7-8,17-18H,2,5-6,9-12H2,1H3. The van der Waals surface area contributed by atoms with Crippen LogP contribution < -0.4 is 5.32 Å². The van der Waals surface area contributed by atoms with Crippen LogP contribution in [0.3, 0.4) is 0 Å². The maximum Gasteiger partial charge on any atom is 0.339 e. The van der Waals surface area contributed by atoms with E-state index < -0.39 is 0 Å². The lowest BCUT2D eigenvalue weighted by molar-refractivity contribution is 0.0601. The summed E-state index contributed by atoms with van der Waals surface area (Å²) in [5.74, 6) is -0.338. The van der Waals surface area contributed by atoms with Gasteiger partial charge in [-0.3, -0.25) is 0 Å². The van der Waals surface area contributed by atoms with E-state index in [1.165, 1.54) is 26.4 Å². The van der Waals surface area contributed by atoms with Crippen molar-refractivity contribution in [3.8, 4) is 0 Å². The highest BCUT2D eigenvalue weighted by molar-refractivity contribution is 5.95. The predicted octanol–water partition coefficient (Wildman–Crippen LogP) is 2.83. The number of carbonyl (C=O) groups excluding carboxylic acids is 1. The number of carbonyl (C=O) groups is 1. The lowest BCUT2D eigenvalue weighted by Crippen LogP contribution is -2.35. The first-order valence-corrected chi connectivity index (χ1v) is 7.23. The molecule has 0 radical (unpaired) electrons. The van der Waals surface area contributed by atoms with Crippen LogP contribution in [-0.4, -0.2) is 31.3 Å². The van der Waals surface area contributed by atoms with Gasteiger partial charge in [0.15, 0.2) is 0 Å². The van der Waals surface area contributed by atoms with Crippen LogP contribution in [0.2, 0.25) is 0 Å². The molecule has 0 spiro atoms. The highest BCUT2D eigenvalue weighted by Crippen LogP contribution is 2.36. The molecular weight excluding hydrogens is 254 g/mol. The average molecular weight is 277 g/mol. The van der Waals surface area contributed by atoms with E-state index in [0.717, 1.165) is 18.5 Å². The van der Waals surface area contributed by atoms with Gasteiger partial charge in [-0.2, -0.15) is 0 Å². The first-order chi connectivity index (χ1) is 9.71. The zero-order chi connectivity index (χ0) is 14.4. The maximum absolute atomic E-state index is 11.7. The van der Waals surface area contributed by atoms with Crippen molar-refractivity contribution in [1.29, 1.82) is 0 Å². The van der Waals surface area contributed by atoms with Gasteiger partial charge in [-0.1, -0.05) is 31.4 Å². The number of anilines is 1. The fourth-order valence-electron chi connectivity index (χ4n) is 2.90. The molecule has 0 heterocycles. The number of ether oxygens (including phenoxy) is 1. The number of rotatable bonds is 5. The van der Waals surface area contributed by atoms with Crippen LogP contribution >= 0.6 is 0 Å². The Morgan fingerprint density at radius 2 is 2.00 bits per heavy atom. The molecule has 20 heavy (non-hydrogen) atoms. The van der Waals surface area contributed by atoms with Gasteiger partial charge in [-0.05, 0) is 25.0 Å². The zero-order valence-electron chi connectivity index (χ0n) is 12.0. The van der Waals surface area contributed by atoms with Crippen LogP contribution in [0.1, 0.15) is 42.5 Å². The fraction of sp³-hybridized carbons (Fsp3) is 0.562. The minimum absolute atomic E-state index is 0.0541. The third kappa shape index (κ3) is 3.31. The van der Waals surface area contributed by atoms with Crippen LogP contribution in [0.25, 0.3) is 0 Å². The Balaban J connectivity index is 2.08. The van der Waals surface area contributed by atoms with Gasteiger partial charge < -0.3 is 15.2 Å². The van der Waals surface area contributed by atoms with Gasteiger partial charge in [0, 0.05) is 17.6 Å². The number of esters is 1. The Morgan fingerprint density at radius 1 is 1.30 bits per heavy atom. The van der Waals surface area contributed by atoms with Crippen LogP contribution in [-0.2, 0) is 4.74 Å². The van der Waals surface area contributed by atoms with Crippen molar-refractivity contribution >= 4 is 11.7 Å². The Bertz CT molecular complexity index is 453. The van der Waals surface area contributed by atoms with Gasteiger partial charge in [0.25, 0.3) is 0 Å². The summed E-state index contributed by atoms with van der Waals surface area (Å²) in [5, 5.41) is 13.0. The molecule has 1 saturated carbocycles. The number of aliphatic hydroxyl groups is 1. The van der Waals surface area contributed by atoms with Crippen LogP contribution in [0.5, 0.6) is 0 Å². The molecule has 2 N–H and O–H groups in total. The Kier molecular flexibility index (Phi) is 5.01. The van der Waals surface area contributed by atoms with Crippen LogP contribution in [0.15, 0.2) is 24.3 Å². The molecule has 1 aliphatic rings. The van der Waals surface area contributed by atoms with E-state index in [9.17, 15) is 9.90 Å².